The molecule has 0 saturated carbocycles. The molecule has 0 amide bonds. The number of carbonyl (C=O) groups excluding carboxylic acids is 1. The third-order valence-corrected chi connectivity index (χ3v) is 6.94. The quantitative estimate of drug-likeness (QED) is 0.246. The van der Waals surface area contributed by atoms with Gasteiger partial charge >= 0.3 is 0 Å². The van der Waals surface area contributed by atoms with Gasteiger partial charge in [-0.25, -0.2) is 0 Å². The molecule has 4 heteroatoms. The fraction of sp³-hybridized carbons (Fsp3) is 0.344. The average molecular weight is 484 g/mol. The van der Waals surface area contributed by atoms with Gasteiger partial charge in [0.1, 0.15) is 0 Å². The number of ketones is 1. The maximum Gasteiger partial charge on any atom is 0.161 e. The molecule has 0 atom stereocenters. The molecule has 1 saturated heterocycles. The lowest BCUT2D eigenvalue weighted by atomic mass is 9.88. The molecule has 0 N–H and O–H groups in total. The summed E-state index contributed by atoms with van der Waals surface area (Å²) in [5.74, 6) is 1.31. The van der Waals surface area contributed by atoms with Gasteiger partial charge in [0.25, 0.3) is 0 Å². The van der Waals surface area contributed by atoms with Crippen LogP contribution in [0.3, 0.4) is 0 Å². The van der Waals surface area contributed by atoms with E-state index in [4.69, 9.17) is 9.47 Å². The number of likely N-dealkylation sites (tertiary alicyclic amines) is 1. The topological polar surface area (TPSA) is 38.8 Å². The summed E-state index contributed by atoms with van der Waals surface area (Å²) in [6.45, 7) is 9.59. The van der Waals surface area contributed by atoms with E-state index in [0.717, 1.165) is 38.9 Å². The Morgan fingerprint density at radius 1 is 0.806 bits per heavy atom. The van der Waals surface area contributed by atoms with Gasteiger partial charge in [-0.3, -0.25) is 4.79 Å². The van der Waals surface area contributed by atoms with Crippen LogP contribution in [-0.2, 0) is 0 Å². The summed E-state index contributed by atoms with van der Waals surface area (Å²) >= 11 is 0. The number of aryl methyl sites for hydroxylation is 2. The van der Waals surface area contributed by atoms with Gasteiger partial charge < -0.3 is 14.4 Å². The van der Waals surface area contributed by atoms with E-state index in [1.54, 1.807) is 31.7 Å². The fourth-order valence-electron chi connectivity index (χ4n) is 4.79. The van der Waals surface area contributed by atoms with E-state index >= 15 is 0 Å². The SMILES string of the molecule is COc1cc(C(C)=O)ccc1OCCCN1CCC(=C(c2ccc(C)cc2)c2ccc(C)cc2)CC1. The average Bonchev–Trinajstić information content (AvgIpc) is 2.89. The second kappa shape index (κ2) is 12.0. The second-order valence-electron chi connectivity index (χ2n) is 9.68. The summed E-state index contributed by atoms with van der Waals surface area (Å²) in [6, 6.07) is 23.3. The molecule has 0 radical (unpaired) electrons. The predicted molar refractivity (Wildman–Crippen MR) is 147 cm³/mol. The van der Waals surface area contributed by atoms with Crippen molar-refractivity contribution in [1.82, 2.24) is 4.90 Å². The van der Waals surface area contributed by atoms with E-state index in [-0.39, 0.29) is 5.78 Å². The van der Waals surface area contributed by atoms with E-state index in [9.17, 15) is 4.79 Å². The first-order valence-electron chi connectivity index (χ1n) is 12.8. The minimum atomic E-state index is 0.0197. The van der Waals surface area contributed by atoms with Gasteiger partial charge in [-0.05, 0) is 74.9 Å². The second-order valence-corrected chi connectivity index (χ2v) is 9.68. The van der Waals surface area contributed by atoms with Crippen LogP contribution in [-0.4, -0.2) is 44.0 Å². The van der Waals surface area contributed by atoms with Crippen LogP contribution < -0.4 is 9.47 Å². The van der Waals surface area contributed by atoms with Crippen molar-refractivity contribution in [1.29, 1.82) is 0 Å². The molecule has 4 rings (SSSR count). The Kier molecular flexibility index (Phi) is 8.61. The van der Waals surface area contributed by atoms with Gasteiger partial charge in [0.15, 0.2) is 17.3 Å². The predicted octanol–water partition coefficient (Wildman–Crippen LogP) is 6.88. The molecule has 3 aromatic carbocycles. The van der Waals surface area contributed by atoms with Crippen molar-refractivity contribution < 1.29 is 14.3 Å². The first-order valence-corrected chi connectivity index (χ1v) is 12.8. The Balaban J connectivity index is 1.36. The van der Waals surface area contributed by atoms with E-state index in [1.807, 2.05) is 6.07 Å². The number of carbonyl (C=O) groups is 1. The Labute approximate surface area is 215 Å². The number of hydrogen-bond acceptors (Lipinski definition) is 4. The largest absolute Gasteiger partial charge is 0.493 e. The minimum absolute atomic E-state index is 0.0197. The molecule has 0 spiro atoms. The molecular formula is C32H37NO3. The molecule has 1 aliphatic rings. The van der Waals surface area contributed by atoms with Gasteiger partial charge in [0, 0.05) is 25.2 Å². The van der Waals surface area contributed by atoms with Crippen molar-refractivity contribution in [3.8, 4) is 11.5 Å². The molecule has 0 unspecified atom stereocenters. The first-order chi connectivity index (χ1) is 17.4. The Bertz CT molecular complexity index is 1150. The van der Waals surface area contributed by atoms with Gasteiger partial charge in [-0.2, -0.15) is 0 Å². The van der Waals surface area contributed by atoms with Crippen molar-refractivity contribution in [3.63, 3.8) is 0 Å². The highest BCUT2D eigenvalue weighted by Gasteiger charge is 2.19. The number of benzene rings is 3. The normalized spacial score (nSPS) is 13.9. The molecule has 36 heavy (non-hydrogen) atoms. The number of ether oxygens (including phenoxy) is 2. The zero-order valence-electron chi connectivity index (χ0n) is 22.0. The molecule has 0 aromatic heterocycles. The molecule has 4 nitrogen and oxygen atoms in total. The first kappa shape index (κ1) is 25.7. The standard InChI is InChI=1S/C32H37NO3/c1-23-6-10-26(11-7-23)32(27-12-8-24(2)9-13-27)28-16-19-33(20-17-28)18-5-21-36-30-15-14-29(25(3)34)22-31(30)35-4/h6-15,22H,5,16-21H2,1-4H3. The summed E-state index contributed by atoms with van der Waals surface area (Å²) in [5, 5.41) is 0. The Morgan fingerprint density at radius 2 is 1.36 bits per heavy atom. The van der Waals surface area contributed by atoms with E-state index in [0.29, 0.717) is 23.7 Å². The van der Waals surface area contributed by atoms with Crippen molar-refractivity contribution in [2.75, 3.05) is 33.4 Å². The maximum absolute atomic E-state index is 11.6. The third kappa shape index (κ3) is 6.44. The highest BCUT2D eigenvalue weighted by Crippen LogP contribution is 2.33. The van der Waals surface area contributed by atoms with Crippen LogP contribution in [0.25, 0.3) is 5.57 Å². The summed E-state index contributed by atoms with van der Waals surface area (Å²) in [6.07, 6.45) is 3.11. The van der Waals surface area contributed by atoms with E-state index < -0.39 is 0 Å². The number of hydrogen-bond donors (Lipinski definition) is 0. The molecule has 1 fully saturated rings. The molecular weight excluding hydrogens is 446 g/mol. The van der Waals surface area contributed by atoms with Gasteiger partial charge in [0.05, 0.1) is 13.7 Å². The van der Waals surface area contributed by atoms with Crippen molar-refractivity contribution >= 4 is 11.4 Å². The van der Waals surface area contributed by atoms with Crippen molar-refractivity contribution in [2.24, 2.45) is 0 Å². The minimum Gasteiger partial charge on any atom is -0.493 e. The molecule has 0 aliphatic carbocycles. The van der Waals surface area contributed by atoms with Crippen LogP contribution >= 0.6 is 0 Å². The lowest BCUT2D eigenvalue weighted by Crippen LogP contribution is -2.32. The number of methoxy groups -OCH3 is 1. The van der Waals surface area contributed by atoms with E-state index in [2.05, 4.69) is 67.3 Å². The van der Waals surface area contributed by atoms with Crippen LogP contribution in [0.15, 0.2) is 72.3 Å². The number of nitrogens with zero attached hydrogens (tertiary/aromatic N) is 1. The van der Waals surface area contributed by atoms with Crippen LogP contribution in [0, 0.1) is 13.8 Å². The van der Waals surface area contributed by atoms with Crippen LogP contribution in [0.4, 0.5) is 0 Å². The van der Waals surface area contributed by atoms with Gasteiger partial charge in [-0.15, -0.1) is 0 Å². The lowest BCUT2D eigenvalue weighted by molar-refractivity contribution is 0.101. The smallest absolute Gasteiger partial charge is 0.161 e. The van der Waals surface area contributed by atoms with Crippen LogP contribution in [0.5, 0.6) is 11.5 Å². The lowest BCUT2D eigenvalue weighted by Gasteiger charge is -2.30. The van der Waals surface area contributed by atoms with Gasteiger partial charge in [-0.1, -0.05) is 65.2 Å². The summed E-state index contributed by atoms with van der Waals surface area (Å²) in [5.41, 5.74) is 8.78. The highest BCUT2D eigenvalue weighted by atomic mass is 16.5. The van der Waals surface area contributed by atoms with Crippen LogP contribution in [0.2, 0.25) is 0 Å². The highest BCUT2D eigenvalue weighted by molar-refractivity contribution is 5.94. The summed E-state index contributed by atoms with van der Waals surface area (Å²) in [7, 11) is 1.60. The number of rotatable bonds is 9. The monoisotopic (exact) mass is 483 g/mol. The Hall–Kier alpha value is -3.37. The molecule has 3 aromatic rings. The Morgan fingerprint density at radius 3 is 1.89 bits per heavy atom. The number of piperidine rings is 1. The zero-order chi connectivity index (χ0) is 25.5. The summed E-state index contributed by atoms with van der Waals surface area (Å²) in [4.78, 5) is 14.1. The van der Waals surface area contributed by atoms with E-state index in [1.165, 1.54) is 27.8 Å². The third-order valence-electron chi connectivity index (χ3n) is 6.94. The van der Waals surface area contributed by atoms with Crippen molar-refractivity contribution in [2.45, 2.75) is 40.0 Å². The summed E-state index contributed by atoms with van der Waals surface area (Å²) < 4.78 is 11.4. The molecule has 0 bridgehead atoms. The fourth-order valence-corrected chi connectivity index (χ4v) is 4.79. The number of Topliss-reactive ketones (excluding diaryl/α,β-unsaturated/α-hetero) is 1. The molecule has 1 heterocycles. The zero-order valence-corrected chi connectivity index (χ0v) is 22.0. The molecule has 1 aliphatic heterocycles. The van der Waals surface area contributed by atoms with Gasteiger partial charge in [0.2, 0.25) is 0 Å². The molecule has 188 valence electrons. The van der Waals surface area contributed by atoms with Crippen LogP contribution in [0.1, 0.15) is 58.8 Å². The van der Waals surface area contributed by atoms with Crippen molar-refractivity contribution in [3.05, 3.63) is 100 Å². The maximum atomic E-state index is 11.6.